The van der Waals surface area contributed by atoms with Crippen LogP contribution in [0.1, 0.15) is 48.8 Å². The predicted molar refractivity (Wildman–Crippen MR) is 111 cm³/mol. The molecule has 3 N–H and O–H groups in total. The van der Waals surface area contributed by atoms with Crippen LogP contribution in [0.2, 0.25) is 0 Å². The van der Waals surface area contributed by atoms with E-state index in [0.29, 0.717) is 33.6 Å². The molecule has 2 aromatic carbocycles. The standard InChI is InChI=1S/C23H21F4N3O2/c1-9-5-12-15-17(19(9)31)21(3,4)8-22(32,23(25,26)27)20(15)30-14-7-11(24)6-13-16(14)18(12)29-10(2)28-13/h5-7,20,30-32H,8H2,1-4H3. The summed E-state index contributed by atoms with van der Waals surface area (Å²) in [5, 5.41) is 25.2. The van der Waals surface area contributed by atoms with Crippen LogP contribution in [0.15, 0.2) is 18.2 Å². The molecule has 1 aliphatic carbocycles. The van der Waals surface area contributed by atoms with E-state index >= 15 is 0 Å². The second-order valence-corrected chi connectivity index (χ2v) is 9.41. The molecular formula is C23H21F4N3O2. The van der Waals surface area contributed by atoms with Crippen molar-refractivity contribution in [2.75, 3.05) is 5.32 Å². The van der Waals surface area contributed by atoms with Crippen LogP contribution in [0, 0.1) is 19.7 Å². The maximum absolute atomic E-state index is 14.4. The van der Waals surface area contributed by atoms with Crippen LogP contribution in [0.25, 0.3) is 22.2 Å². The molecule has 2 unspecified atom stereocenters. The van der Waals surface area contributed by atoms with Crippen molar-refractivity contribution in [2.45, 2.75) is 57.3 Å². The van der Waals surface area contributed by atoms with Crippen molar-refractivity contribution in [2.24, 2.45) is 0 Å². The summed E-state index contributed by atoms with van der Waals surface area (Å²) in [6.45, 7) is 6.41. The molecule has 0 amide bonds. The number of nitrogens with zero attached hydrogens (tertiary/aromatic N) is 2. The lowest BCUT2D eigenvalue weighted by molar-refractivity contribution is -0.275. The average molecular weight is 447 g/mol. The van der Waals surface area contributed by atoms with Crippen LogP contribution < -0.4 is 5.32 Å². The van der Waals surface area contributed by atoms with E-state index in [2.05, 4.69) is 15.3 Å². The molecule has 5 nitrogen and oxygen atoms in total. The van der Waals surface area contributed by atoms with Crippen molar-refractivity contribution in [3.8, 4) is 17.0 Å². The number of fused-ring (bicyclic) bond motifs is 1. The molecule has 5 rings (SSSR count). The molecule has 1 aliphatic heterocycles. The first-order chi connectivity index (χ1) is 14.7. The van der Waals surface area contributed by atoms with Gasteiger partial charge in [0.2, 0.25) is 0 Å². The summed E-state index contributed by atoms with van der Waals surface area (Å²) < 4.78 is 57.5. The van der Waals surface area contributed by atoms with Gasteiger partial charge in [0.1, 0.15) is 17.4 Å². The fourth-order valence-electron chi connectivity index (χ4n) is 5.37. The Kier molecular flexibility index (Phi) is 3.99. The number of aryl methyl sites for hydroxylation is 2. The first kappa shape index (κ1) is 20.9. The molecule has 9 heteroatoms. The van der Waals surface area contributed by atoms with E-state index in [1.54, 1.807) is 33.8 Å². The molecule has 0 spiro atoms. The van der Waals surface area contributed by atoms with Gasteiger partial charge in [0.15, 0.2) is 5.60 Å². The van der Waals surface area contributed by atoms with E-state index < -0.39 is 35.5 Å². The van der Waals surface area contributed by atoms with Gasteiger partial charge < -0.3 is 15.5 Å². The zero-order valence-corrected chi connectivity index (χ0v) is 17.8. The van der Waals surface area contributed by atoms with Crippen molar-refractivity contribution >= 4 is 16.6 Å². The van der Waals surface area contributed by atoms with Crippen molar-refractivity contribution in [1.82, 2.24) is 9.97 Å². The number of nitrogens with one attached hydrogen (secondary N) is 1. The highest BCUT2D eigenvalue weighted by molar-refractivity contribution is 6.04. The fourth-order valence-corrected chi connectivity index (χ4v) is 5.37. The third-order valence-electron chi connectivity index (χ3n) is 6.61. The van der Waals surface area contributed by atoms with Crippen LogP contribution >= 0.6 is 0 Å². The first-order valence-corrected chi connectivity index (χ1v) is 10.2. The van der Waals surface area contributed by atoms with Crippen LogP contribution in [0.4, 0.5) is 23.2 Å². The lowest BCUT2D eigenvalue weighted by Crippen LogP contribution is -2.58. The molecule has 0 saturated heterocycles. The number of hydrogen-bond acceptors (Lipinski definition) is 5. The molecule has 0 saturated carbocycles. The average Bonchev–Trinajstić information content (AvgIpc) is 2.76. The smallest absolute Gasteiger partial charge is 0.419 e. The summed E-state index contributed by atoms with van der Waals surface area (Å²) >= 11 is 0. The minimum Gasteiger partial charge on any atom is -0.507 e. The molecule has 0 fully saturated rings. The Morgan fingerprint density at radius 1 is 1.12 bits per heavy atom. The minimum atomic E-state index is -5.00. The van der Waals surface area contributed by atoms with Gasteiger partial charge in [-0.25, -0.2) is 14.4 Å². The van der Waals surface area contributed by atoms with Crippen LogP contribution in [0.3, 0.4) is 0 Å². The van der Waals surface area contributed by atoms with Crippen LogP contribution in [0.5, 0.6) is 5.75 Å². The van der Waals surface area contributed by atoms with Gasteiger partial charge in [-0.3, -0.25) is 0 Å². The maximum atomic E-state index is 14.4. The lowest BCUT2D eigenvalue weighted by Gasteiger charge is -2.49. The number of rotatable bonds is 0. The Hall–Kier alpha value is -2.94. The number of aromatic hydroxyl groups is 1. The molecule has 0 radical (unpaired) electrons. The van der Waals surface area contributed by atoms with Gasteiger partial charge >= 0.3 is 6.18 Å². The number of anilines is 1. The zero-order valence-electron chi connectivity index (χ0n) is 17.8. The number of phenols is 1. The fraction of sp³-hybridized carbons (Fsp3) is 0.391. The van der Waals surface area contributed by atoms with Gasteiger partial charge in [0, 0.05) is 22.9 Å². The summed E-state index contributed by atoms with van der Waals surface area (Å²) in [6, 6.07) is 2.17. The number of alkyl halides is 3. The SMILES string of the molecule is Cc1nc2c3c(cc(F)cc3n1)NC1c3c-2cc(C)c(O)c3C(C)(C)CC1(O)C(F)(F)F. The van der Waals surface area contributed by atoms with Gasteiger partial charge in [-0.1, -0.05) is 13.8 Å². The molecular weight excluding hydrogens is 426 g/mol. The van der Waals surface area contributed by atoms with Gasteiger partial charge in [0.25, 0.3) is 0 Å². The van der Waals surface area contributed by atoms with E-state index in [1.807, 2.05) is 0 Å². The Balaban J connectivity index is 2.01. The summed E-state index contributed by atoms with van der Waals surface area (Å²) in [4.78, 5) is 8.78. The lowest BCUT2D eigenvalue weighted by atomic mass is 9.62. The van der Waals surface area contributed by atoms with Crippen LogP contribution in [-0.4, -0.2) is 32.0 Å². The van der Waals surface area contributed by atoms with E-state index in [1.165, 1.54) is 6.07 Å². The van der Waals surface area contributed by atoms with Crippen molar-refractivity contribution in [3.63, 3.8) is 0 Å². The summed E-state index contributed by atoms with van der Waals surface area (Å²) in [7, 11) is 0. The molecule has 168 valence electrons. The topological polar surface area (TPSA) is 78.3 Å². The van der Waals surface area contributed by atoms with E-state index in [9.17, 15) is 27.8 Å². The predicted octanol–water partition coefficient (Wildman–Crippen LogP) is 5.20. The van der Waals surface area contributed by atoms with E-state index in [-0.39, 0.29) is 22.5 Å². The van der Waals surface area contributed by atoms with E-state index in [0.717, 1.165) is 6.07 Å². The summed E-state index contributed by atoms with van der Waals surface area (Å²) in [5.74, 6) is -0.479. The van der Waals surface area contributed by atoms with Gasteiger partial charge in [-0.05, 0) is 48.9 Å². The van der Waals surface area contributed by atoms with Crippen molar-refractivity contribution in [1.29, 1.82) is 0 Å². The number of aliphatic hydroxyl groups is 1. The van der Waals surface area contributed by atoms with Crippen molar-refractivity contribution < 1.29 is 27.8 Å². The van der Waals surface area contributed by atoms with Gasteiger partial charge in [-0.15, -0.1) is 0 Å². The second kappa shape index (κ2) is 6.10. The molecule has 1 aromatic heterocycles. The van der Waals surface area contributed by atoms with Gasteiger partial charge in [0.05, 0.1) is 22.6 Å². The summed E-state index contributed by atoms with van der Waals surface area (Å²) in [6.07, 6.45) is -5.69. The third-order valence-corrected chi connectivity index (χ3v) is 6.61. The highest BCUT2D eigenvalue weighted by Gasteiger charge is 2.65. The number of halogens is 4. The largest absolute Gasteiger partial charge is 0.507 e. The number of phenolic OH excluding ortho intramolecular Hbond substituents is 1. The Morgan fingerprint density at radius 2 is 1.81 bits per heavy atom. The molecule has 32 heavy (non-hydrogen) atoms. The minimum absolute atomic E-state index is 0.0571. The molecule has 3 aromatic rings. The molecule has 2 heterocycles. The highest BCUT2D eigenvalue weighted by atomic mass is 19.4. The van der Waals surface area contributed by atoms with Crippen molar-refractivity contribution in [3.05, 3.63) is 46.5 Å². The number of benzene rings is 2. The number of hydrogen-bond donors (Lipinski definition) is 3. The first-order valence-electron chi connectivity index (χ1n) is 10.2. The van der Waals surface area contributed by atoms with E-state index in [4.69, 9.17) is 0 Å². The zero-order chi connectivity index (χ0) is 23.4. The monoisotopic (exact) mass is 447 g/mol. The Bertz CT molecular complexity index is 1310. The maximum Gasteiger partial charge on any atom is 0.419 e. The molecule has 0 bridgehead atoms. The summed E-state index contributed by atoms with van der Waals surface area (Å²) in [5.41, 5.74) is -2.52. The second-order valence-electron chi connectivity index (χ2n) is 9.41. The quantitative estimate of drug-likeness (QED) is 0.413. The normalized spacial score (nSPS) is 23.5. The third kappa shape index (κ3) is 2.60. The van der Waals surface area contributed by atoms with Crippen LogP contribution in [-0.2, 0) is 5.41 Å². The Labute approximate surface area is 181 Å². The Morgan fingerprint density at radius 3 is 2.47 bits per heavy atom. The molecule has 2 atom stereocenters. The molecule has 2 aliphatic rings. The highest BCUT2D eigenvalue weighted by Crippen LogP contribution is 2.60. The number of aromatic nitrogens is 2. The van der Waals surface area contributed by atoms with Gasteiger partial charge in [-0.2, -0.15) is 13.2 Å².